The lowest BCUT2D eigenvalue weighted by Gasteiger charge is -2.19. The van der Waals surface area contributed by atoms with Crippen molar-refractivity contribution >= 4 is 5.95 Å². The first kappa shape index (κ1) is 18.2. The van der Waals surface area contributed by atoms with E-state index in [2.05, 4.69) is 45.3 Å². The Labute approximate surface area is 160 Å². The van der Waals surface area contributed by atoms with Crippen LogP contribution >= 0.6 is 0 Å². The van der Waals surface area contributed by atoms with Crippen LogP contribution in [0.1, 0.15) is 48.0 Å². The Hall–Kier alpha value is -2.15. The molecule has 0 atom stereocenters. The number of hydrogen-bond acceptors (Lipinski definition) is 5. The SMILES string of the molecule is CCn1nc(C)c(CN2CCc3nc(N4CCCC4)[nH]c(=O)c3CC2)c1C. The number of aromatic amines is 1. The molecule has 2 aliphatic heterocycles. The predicted molar refractivity (Wildman–Crippen MR) is 106 cm³/mol. The molecular formula is C20H30N6O. The molecule has 0 aromatic carbocycles. The van der Waals surface area contributed by atoms with Gasteiger partial charge >= 0.3 is 0 Å². The fraction of sp³-hybridized carbons (Fsp3) is 0.650. The van der Waals surface area contributed by atoms with Gasteiger partial charge in [-0.1, -0.05) is 0 Å². The standard InChI is InChI=1S/C20H30N6O/c1-4-26-15(3)17(14(2)23-26)13-24-11-7-16-18(8-12-24)21-20(22-19(16)27)25-9-5-6-10-25/h4-13H2,1-3H3,(H,21,22,27). The van der Waals surface area contributed by atoms with E-state index in [1.54, 1.807) is 0 Å². The number of anilines is 1. The van der Waals surface area contributed by atoms with E-state index < -0.39 is 0 Å². The van der Waals surface area contributed by atoms with E-state index >= 15 is 0 Å². The van der Waals surface area contributed by atoms with E-state index in [1.807, 2.05) is 0 Å². The van der Waals surface area contributed by atoms with E-state index in [0.29, 0.717) is 0 Å². The third-order valence-electron chi connectivity index (χ3n) is 6.05. The third-order valence-corrected chi connectivity index (χ3v) is 6.05. The second kappa shape index (κ2) is 7.46. The van der Waals surface area contributed by atoms with E-state index in [0.717, 1.165) is 75.0 Å². The maximum absolute atomic E-state index is 12.7. The molecule has 27 heavy (non-hydrogen) atoms. The molecule has 2 aliphatic rings. The fourth-order valence-electron chi connectivity index (χ4n) is 4.37. The molecule has 0 radical (unpaired) electrons. The van der Waals surface area contributed by atoms with E-state index in [-0.39, 0.29) is 5.56 Å². The smallest absolute Gasteiger partial charge is 0.255 e. The average Bonchev–Trinajstić information content (AvgIpc) is 3.22. The minimum Gasteiger partial charge on any atom is -0.342 e. The molecule has 0 bridgehead atoms. The predicted octanol–water partition coefficient (Wildman–Crippen LogP) is 1.80. The average molecular weight is 371 g/mol. The summed E-state index contributed by atoms with van der Waals surface area (Å²) in [7, 11) is 0. The molecule has 0 unspecified atom stereocenters. The third kappa shape index (κ3) is 3.52. The summed E-state index contributed by atoms with van der Waals surface area (Å²) in [6.45, 7) is 12.0. The topological polar surface area (TPSA) is 70.1 Å². The molecule has 1 saturated heterocycles. The van der Waals surface area contributed by atoms with Crippen LogP contribution in [0, 0.1) is 13.8 Å². The number of rotatable bonds is 4. The van der Waals surface area contributed by atoms with Gasteiger partial charge in [-0.05, 0) is 40.0 Å². The summed E-state index contributed by atoms with van der Waals surface area (Å²) in [5.74, 6) is 0.764. The van der Waals surface area contributed by atoms with Crippen molar-refractivity contribution in [2.24, 2.45) is 0 Å². The van der Waals surface area contributed by atoms with Crippen LogP contribution in [0.3, 0.4) is 0 Å². The molecule has 2 aromatic rings. The fourth-order valence-corrected chi connectivity index (χ4v) is 4.37. The minimum absolute atomic E-state index is 0.0508. The lowest BCUT2D eigenvalue weighted by molar-refractivity contribution is 0.277. The molecular weight excluding hydrogens is 340 g/mol. The normalized spacial score (nSPS) is 18.0. The summed E-state index contributed by atoms with van der Waals surface area (Å²) >= 11 is 0. The monoisotopic (exact) mass is 370 g/mol. The summed E-state index contributed by atoms with van der Waals surface area (Å²) in [5, 5.41) is 4.64. The van der Waals surface area contributed by atoms with Crippen LogP contribution in [0.4, 0.5) is 5.95 Å². The van der Waals surface area contributed by atoms with Crippen molar-refractivity contribution in [1.82, 2.24) is 24.6 Å². The van der Waals surface area contributed by atoms with Gasteiger partial charge in [-0.3, -0.25) is 19.4 Å². The zero-order chi connectivity index (χ0) is 19.0. The van der Waals surface area contributed by atoms with Crippen molar-refractivity contribution < 1.29 is 0 Å². The van der Waals surface area contributed by atoms with Crippen molar-refractivity contribution in [3.8, 4) is 0 Å². The van der Waals surface area contributed by atoms with Crippen molar-refractivity contribution in [2.45, 2.75) is 59.5 Å². The van der Waals surface area contributed by atoms with Gasteiger partial charge in [-0.2, -0.15) is 5.10 Å². The molecule has 7 heteroatoms. The van der Waals surface area contributed by atoms with Crippen molar-refractivity contribution in [3.05, 3.63) is 38.6 Å². The Morgan fingerprint density at radius 2 is 1.81 bits per heavy atom. The van der Waals surface area contributed by atoms with Gasteiger partial charge < -0.3 is 4.90 Å². The molecule has 1 fully saturated rings. The Bertz CT molecular complexity index is 877. The highest BCUT2D eigenvalue weighted by Gasteiger charge is 2.23. The largest absolute Gasteiger partial charge is 0.342 e. The summed E-state index contributed by atoms with van der Waals surface area (Å²) in [4.78, 5) is 25.2. The summed E-state index contributed by atoms with van der Waals surface area (Å²) < 4.78 is 2.08. The molecule has 146 valence electrons. The second-order valence-corrected chi connectivity index (χ2v) is 7.75. The highest BCUT2D eigenvalue weighted by molar-refractivity contribution is 5.35. The molecule has 4 rings (SSSR count). The maximum Gasteiger partial charge on any atom is 0.255 e. The van der Waals surface area contributed by atoms with Crippen LogP contribution in [0.5, 0.6) is 0 Å². The van der Waals surface area contributed by atoms with Crippen LogP contribution in [-0.2, 0) is 25.9 Å². The van der Waals surface area contributed by atoms with Gasteiger partial charge in [0.1, 0.15) is 0 Å². The number of aromatic nitrogens is 4. The molecule has 7 nitrogen and oxygen atoms in total. The van der Waals surface area contributed by atoms with Crippen LogP contribution in [0.2, 0.25) is 0 Å². The molecule has 4 heterocycles. The van der Waals surface area contributed by atoms with Crippen LogP contribution < -0.4 is 10.5 Å². The zero-order valence-corrected chi connectivity index (χ0v) is 16.7. The quantitative estimate of drug-likeness (QED) is 0.889. The molecule has 1 N–H and O–H groups in total. The summed E-state index contributed by atoms with van der Waals surface area (Å²) in [5.41, 5.74) is 5.60. The highest BCUT2D eigenvalue weighted by atomic mass is 16.1. The first-order valence-electron chi connectivity index (χ1n) is 10.2. The highest BCUT2D eigenvalue weighted by Crippen LogP contribution is 2.20. The Morgan fingerprint density at radius 3 is 2.52 bits per heavy atom. The lowest BCUT2D eigenvalue weighted by atomic mass is 10.1. The van der Waals surface area contributed by atoms with Crippen LogP contribution in [0.25, 0.3) is 0 Å². The Kier molecular flexibility index (Phi) is 5.04. The number of hydrogen-bond donors (Lipinski definition) is 1. The van der Waals surface area contributed by atoms with E-state index in [1.165, 1.54) is 24.1 Å². The minimum atomic E-state index is 0.0508. The molecule has 2 aromatic heterocycles. The molecule has 0 saturated carbocycles. The first-order valence-corrected chi connectivity index (χ1v) is 10.2. The Morgan fingerprint density at radius 1 is 1.07 bits per heavy atom. The summed E-state index contributed by atoms with van der Waals surface area (Å²) in [6.07, 6.45) is 3.95. The van der Waals surface area contributed by atoms with Crippen LogP contribution in [-0.4, -0.2) is 50.8 Å². The molecule has 0 aliphatic carbocycles. The Balaban J connectivity index is 1.52. The summed E-state index contributed by atoms with van der Waals surface area (Å²) in [6, 6.07) is 0. The van der Waals surface area contributed by atoms with E-state index in [4.69, 9.17) is 4.98 Å². The van der Waals surface area contributed by atoms with Gasteiger partial charge in [0.15, 0.2) is 0 Å². The van der Waals surface area contributed by atoms with Crippen molar-refractivity contribution in [3.63, 3.8) is 0 Å². The lowest BCUT2D eigenvalue weighted by Crippen LogP contribution is -2.27. The van der Waals surface area contributed by atoms with Gasteiger partial charge in [0.05, 0.1) is 11.4 Å². The number of H-pyrrole nitrogens is 1. The van der Waals surface area contributed by atoms with Gasteiger partial charge in [-0.25, -0.2) is 4.98 Å². The van der Waals surface area contributed by atoms with Gasteiger partial charge in [0.2, 0.25) is 5.95 Å². The first-order chi connectivity index (χ1) is 13.1. The van der Waals surface area contributed by atoms with Gasteiger partial charge in [0, 0.05) is 62.5 Å². The zero-order valence-electron chi connectivity index (χ0n) is 16.7. The number of nitrogens with one attached hydrogen (secondary N) is 1. The van der Waals surface area contributed by atoms with Crippen LogP contribution in [0.15, 0.2) is 4.79 Å². The van der Waals surface area contributed by atoms with E-state index in [9.17, 15) is 4.79 Å². The maximum atomic E-state index is 12.7. The molecule has 0 spiro atoms. The second-order valence-electron chi connectivity index (χ2n) is 7.75. The van der Waals surface area contributed by atoms with Gasteiger partial charge in [0.25, 0.3) is 5.56 Å². The number of nitrogens with zero attached hydrogens (tertiary/aromatic N) is 5. The number of fused-ring (bicyclic) bond motifs is 1. The number of aryl methyl sites for hydroxylation is 2. The van der Waals surface area contributed by atoms with Crippen molar-refractivity contribution in [2.75, 3.05) is 31.1 Å². The van der Waals surface area contributed by atoms with Gasteiger partial charge in [-0.15, -0.1) is 0 Å². The molecule has 0 amide bonds. The van der Waals surface area contributed by atoms with Crippen molar-refractivity contribution in [1.29, 1.82) is 0 Å².